The lowest BCUT2D eigenvalue weighted by Crippen LogP contribution is -2.44. The molecule has 1 N–H and O–H groups in total. The van der Waals surface area contributed by atoms with Crippen LogP contribution in [0.15, 0.2) is 16.6 Å². The number of carbonyl (C=O) groups is 1. The van der Waals surface area contributed by atoms with Crippen LogP contribution in [0.1, 0.15) is 17.3 Å². The van der Waals surface area contributed by atoms with E-state index in [0.29, 0.717) is 19.8 Å². The normalized spacial score (nSPS) is 28.8. The van der Waals surface area contributed by atoms with Gasteiger partial charge in [0.1, 0.15) is 18.0 Å². The lowest BCUT2D eigenvalue weighted by molar-refractivity contribution is -0.125. The molecule has 2 saturated heterocycles. The molecule has 2 atom stereocenters. The zero-order chi connectivity index (χ0) is 13.7. The van der Waals surface area contributed by atoms with Crippen LogP contribution in [-0.4, -0.2) is 43.2 Å². The summed E-state index contributed by atoms with van der Waals surface area (Å²) in [6, 6.07) is 3.97. The zero-order valence-corrected chi connectivity index (χ0v) is 12.5. The van der Waals surface area contributed by atoms with Crippen molar-refractivity contribution in [2.45, 2.75) is 18.6 Å². The highest BCUT2D eigenvalue weighted by molar-refractivity contribution is 9.10. The van der Waals surface area contributed by atoms with Crippen LogP contribution in [0.2, 0.25) is 0 Å². The first kappa shape index (κ1) is 12.6. The van der Waals surface area contributed by atoms with Crippen molar-refractivity contribution < 1.29 is 14.3 Å². The maximum absolute atomic E-state index is 12.1. The van der Waals surface area contributed by atoms with Crippen LogP contribution >= 0.6 is 15.9 Å². The monoisotopic (exact) mass is 338 g/mol. The van der Waals surface area contributed by atoms with Gasteiger partial charge in [0, 0.05) is 23.0 Å². The number of amides is 1. The molecule has 3 aliphatic rings. The van der Waals surface area contributed by atoms with Crippen molar-refractivity contribution >= 4 is 21.8 Å². The van der Waals surface area contributed by atoms with Gasteiger partial charge in [-0.1, -0.05) is 15.9 Å². The average molecular weight is 339 g/mol. The van der Waals surface area contributed by atoms with Gasteiger partial charge in [-0.25, -0.2) is 0 Å². The number of nitrogens with zero attached hydrogens (tertiary/aromatic N) is 1. The third kappa shape index (κ3) is 1.86. The molecule has 0 aliphatic carbocycles. The van der Waals surface area contributed by atoms with Gasteiger partial charge in [-0.2, -0.15) is 0 Å². The number of hydrogen-bond acceptors (Lipinski definition) is 4. The van der Waals surface area contributed by atoms with E-state index in [-0.39, 0.29) is 18.1 Å². The van der Waals surface area contributed by atoms with Gasteiger partial charge in [0.2, 0.25) is 5.91 Å². The van der Waals surface area contributed by atoms with E-state index in [1.54, 1.807) is 0 Å². The lowest BCUT2D eigenvalue weighted by atomic mass is 10.1. The van der Waals surface area contributed by atoms with E-state index in [4.69, 9.17) is 9.47 Å². The summed E-state index contributed by atoms with van der Waals surface area (Å²) in [5.41, 5.74) is 2.25. The molecule has 0 radical (unpaired) electrons. The minimum Gasteiger partial charge on any atom is -0.493 e. The number of nitrogens with one attached hydrogen (secondary N) is 1. The fourth-order valence-corrected chi connectivity index (χ4v) is 3.75. The minimum atomic E-state index is -0.176. The summed E-state index contributed by atoms with van der Waals surface area (Å²) in [6.45, 7) is 2.61. The fraction of sp³-hybridized carbons (Fsp3) is 0.500. The lowest BCUT2D eigenvalue weighted by Gasteiger charge is -2.32. The third-order valence-electron chi connectivity index (χ3n) is 4.15. The van der Waals surface area contributed by atoms with E-state index in [2.05, 4.69) is 32.2 Å². The quantitative estimate of drug-likeness (QED) is 0.836. The molecule has 1 amide bonds. The molecule has 20 heavy (non-hydrogen) atoms. The molecule has 0 saturated carbocycles. The molecule has 5 nitrogen and oxygen atoms in total. The maximum atomic E-state index is 12.1. The molecule has 1 aromatic rings. The molecule has 0 spiro atoms. The van der Waals surface area contributed by atoms with Crippen molar-refractivity contribution in [3.8, 4) is 5.75 Å². The van der Waals surface area contributed by atoms with E-state index in [9.17, 15) is 4.79 Å². The molecule has 106 valence electrons. The molecule has 2 fully saturated rings. The van der Waals surface area contributed by atoms with Gasteiger partial charge in [0.15, 0.2) is 0 Å². The Bertz CT molecular complexity index is 578. The first-order chi connectivity index (χ1) is 9.74. The second kappa shape index (κ2) is 4.72. The van der Waals surface area contributed by atoms with Crippen molar-refractivity contribution in [2.75, 3.05) is 26.4 Å². The van der Waals surface area contributed by atoms with E-state index >= 15 is 0 Å². The fourth-order valence-electron chi connectivity index (χ4n) is 3.22. The summed E-state index contributed by atoms with van der Waals surface area (Å²) in [7, 11) is 0. The van der Waals surface area contributed by atoms with Gasteiger partial charge in [-0.05, 0) is 17.7 Å². The third-order valence-corrected chi connectivity index (χ3v) is 4.61. The van der Waals surface area contributed by atoms with Crippen LogP contribution < -0.4 is 10.1 Å². The van der Waals surface area contributed by atoms with Crippen molar-refractivity contribution in [3.63, 3.8) is 0 Å². The Morgan fingerprint density at radius 1 is 1.35 bits per heavy atom. The van der Waals surface area contributed by atoms with Gasteiger partial charge >= 0.3 is 0 Å². The molecular formula is C14H15BrN2O3. The Morgan fingerprint density at radius 2 is 2.25 bits per heavy atom. The predicted molar refractivity (Wildman–Crippen MR) is 75.5 cm³/mol. The Balaban J connectivity index is 1.76. The number of rotatable bonds is 1. The van der Waals surface area contributed by atoms with E-state index < -0.39 is 0 Å². The standard InChI is InChI=1S/C14H15BrN2O3/c15-9-5-8-1-3-20-12(8)10(6-9)13-16-14(18)11-7-19-4-2-17(11)13/h5-6,11,13H,1-4,7H2,(H,16,18)/t11-,13-/m1/s1. The second-order valence-electron chi connectivity index (χ2n) is 5.32. The van der Waals surface area contributed by atoms with E-state index in [1.165, 1.54) is 5.56 Å². The molecular weight excluding hydrogens is 324 g/mol. The molecule has 1 aromatic carbocycles. The highest BCUT2D eigenvalue weighted by Crippen LogP contribution is 2.40. The van der Waals surface area contributed by atoms with Gasteiger partial charge in [0.05, 0.1) is 19.8 Å². The smallest absolute Gasteiger partial charge is 0.241 e. The number of benzene rings is 1. The number of morpholine rings is 1. The summed E-state index contributed by atoms with van der Waals surface area (Å²) in [6.07, 6.45) is 0.815. The number of hydrogen-bond donors (Lipinski definition) is 1. The summed E-state index contributed by atoms with van der Waals surface area (Å²) in [5, 5.41) is 3.08. The Labute approximate surface area is 125 Å². The van der Waals surface area contributed by atoms with Crippen LogP contribution in [0.25, 0.3) is 0 Å². The molecule has 0 bridgehead atoms. The highest BCUT2D eigenvalue weighted by Gasteiger charge is 2.43. The zero-order valence-electron chi connectivity index (χ0n) is 10.9. The minimum absolute atomic E-state index is 0.0430. The molecule has 6 heteroatoms. The van der Waals surface area contributed by atoms with Crippen molar-refractivity contribution in [1.29, 1.82) is 0 Å². The molecule has 0 aromatic heterocycles. The summed E-state index contributed by atoms with van der Waals surface area (Å²) >= 11 is 3.55. The first-order valence-corrected chi connectivity index (χ1v) is 7.62. The number of halogens is 1. The first-order valence-electron chi connectivity index (χ1n) is 6.83. The highest BCUT2D eigenvalue weighted by atomic mass is 79.9. The SMILES string of the molecule is O=C1N[C@@H](c2cc(Br)cc3c2OCC3)N2CCOC[C@H]12. The van der Waals surface area contributed by atoms with E-state index in [1.807, 2.05) is 6.07 Å². The Morgan fingerprint density at radius 3 is 3.15 bits per heavy atom. The van der Waals surface area contributed by atoms with Gasteiger partial charge < -0.3 is 14.8 Å². The summed E-state index contributed by atoms with van der Waals surface area (Å²) < 4.78 is 12.2. The van der Waals surface area contributed by atoms with Crippen LogP contribution in [0, 0.1) is 0 Å². The molecule has 3 aliphatic heterocycles. The maximum Gasteiger partial charge on any atom is 0.241 e. The van der Waals surface area contributed by atoms with Crippen LogP contribution in [0.5, 0.6) is 5.75 Å². The van der Waals surface area contributed by atoms with Gasteiger partial charge in [-0.15, -0.1) is 0 Å². The van der Waals surface area contributed by atoms with Crippen molar-refractivity contribution in [1.82, 2.24) is 10.2 Å². The Kier molecular flexibility index (Phi) is 2.98. The number of fused-ring (bicyclic) bond motifs is 2. The van der Waals surface area contributed by atoms with Crippen LogP contribution in [0.4, 0.5) is 0 Å². The summed E-state index contributed by atoms with van der Waals surface area (Å²) in [4.78, 5) is 14.3. The predicted octanol–water partition coefficient (Wildman–Crippen LogP) is 1.21. The average Bonchev–Trinajstić information content (AvgIpc) is 3.03. The van der Waals surface area contributed by atoms with E-state index in [0.717, 1.165) is 28.8 Å². The Hall–Kier alpha value is -1.11. The van der Waals surface area contributed by atoms with Crippen LogP contribution in [-0.2, 0) is 16.0 Å². The summed E-state index contributed by atoms with van der Waals surface area (Å²) in [5.74, 6) is 0.979. The van der Waals surface area contributed by atoms with Crippen LogP contribution in [0.3, 0.4) is 0 Å². The largest absolute Gasteiger partial charge is 0.493 e. The van der Waals surface area contributed by atoms with Gasteiger partial charge in [0.25, 0.3) is 0 Å². The van der Waals surface area contributed by atoms with Gasteiger partial charge in [-0.3, -0.25) is 9.69 Å². The van der Waals surface area contributed by atoms with Crippen molar-refractivity contribution in [3.05, 3.63) is 27.7 Å². The topological polar surface area (TPSA) is 50.8 Å². The second-order valence-corrected chi connectivity index (χ2v) is 6.24. The number of carbonyl (C=O) groups excluding carboxylic acids is 1. The molecule has 4 rings (SSSR count). The van der Waals surface area contributed by atoms with Crippen molar-refractivity contribution in [2.24, 2.45) is 0 Å². The molecule has 0 unspecified atom stereocenters. The number of ether oxygens (including phenoxy) is 2. The molecule has 3 heterocycles.